The molecular formula is C15H14N2S. The minimum Gasteiger partial charge on any atom is -0.246 e. The van der Waals surface area contributed by atoms with E-state index in [-0.39, 0.29) is 0 Å². The maximum atomic E-state index is 8.78. The fraction of sp³-hybridized carbons (Fsp3) is 0.200. The van der Waals surface area contributed by atoms with Gasteiger partial charge in [0.2, 0.25) is 0 Å². The number of hydrogen-bond donors (Lipinski definition) is 0. The molecule has 0 saturated carbocycles. The zero-order chi connectivity index (χ0) is 12.8. The second kappa shape index (κ2) is 6.23. The van der Waals surface area contributed by atoms with Crippen molar-refractivity contribution in [2.75, 3.05) is 0 Å². The molecule has 0 saturated heterocycles. The van der Waals surface area contributed by atoms with Crippen LogP contribution in [0.5, 0.6) is 0 Å². The van der Waals surface area contributed by atoms with Crippen LogP contribution in [0.25, 0.3) is 0 Å². The quantitative estimate of drug-likeness (QED) is 0.834. The van der Waals surface area contributed by atoms with Crippen molar-refractivity contribution in [3.63, 3.8) is 0 Å². The average Bonchev–Trinajstić information content (AvgIpc) is 2.41. The molecule has 0 bridgehead atoms. The van der Waals surface area contributed by atoms with Crippen LogP contribution in [0.4, 0.5) is 0 Å². The molecule has 0 N–H and O–H groups in total. The molecule has 0 unspecified atom stereocenters. The Bertz CT molecular complexity index is 573. The van der Waals surface area contributed by atoms with Crippen molar-refractivity contribution in [2.45, 2.75) is 18.4 Å². The smallest absolute Gasteiger partial charge is 0.140 e. The van der Waals surface area contributed by atoms with Gasteiger partial charge in [0, 0.05) is 17.7 Å². The molecule has 2 nitrogen and oxygen atoms in total. The van der Waals surface area contributed by atoms with E-state index in [1.165, 1.54) is 11.1 Å². The summed E-state index contributed by atoms with van der Waals surface area (Å²) in [5.41, 5.74) is 4.35. The molecule has 0 spiro atoms. The van der Waals surface area contributed by atoms with Crippen LogP contribution in [0.3, 0.4) is 0 Å². The van der Waals surface area contributed by atoms with E-state index in [9.17, 15) is 0 Å². The average molecular weight is 254 g/mol. The van der Waals surface area contributed by atoms with Gasteiger partial charge in [-0.1, -0.05) is 24.3 Å². The standard InChI is InChI=1S/C15H14N2S/c1-12-4-2-3-5-14(12)11-18-10-13-6-7-17-15(8-13)9-16/h2-8H,10-11H2,1H3. The van der Waals surface area contributed by atoms with Gasteiger partial charge in [0.05, 0.1) is 0 Å². The Morgan fingerprint density at radius 2 is 2.06 bits per heavy atom. The van der Waals surface area contributed by atoms with Gasteiger partial charge in [-0.25, -0.2) is 4.98 Å². The normalized spacial score (nSPS) is 10.0. The van der Waals surface area contributed by atoms with Gasteiger partial charge < -0.3 is 0 Å². The summed E-state index contributed by atoms with van der Waals surface area (Å²) in [5, 5.41) is 8.78. The minimum atomic E-state index is 0.490. The summed E-state index contributed by atoms with van der Waals surface area (Å²) in [5.74, 6) is 1.91. The van der Waals surface area contributed by atoms with E-state index in [0.29, 0.717) is 5.69 Å². The number of nitriles is 1. The van der Waals surface area contributed by atoms with Gasteiger partial charge in [0.1, 0.15) is 11.8 Å². The second-order valence-corrected chi connectivity index (χ2v) is 5.07. The van der Waals surface area contributed by atoms with Crippen molar-refractivity contribution in [2.24, 2.45) is 0 Å². The highest BCUT2D eigenvalue weighted by Gasteiger charge is 2.00. The van der Waals surface area contributed by atoms with Crippen LogP contribution in [0.2, 0.25) is 0 Å². The summed E-state index contributed by atoms with van der Waals surface area (Å²) in [6.07, 6.45) is 1.70. The van der Waals surface area contributed by atoms with Crippen molar-refractivity contribution in [1.82, 2.24) is 4.98 Å². The van der Waals surface area contributed by atoms with E-state index in [1.807, 2.05) is 23.9 Å². The Kier molecular flexibility index (Phi) is 4.38. The third-order valence-corrected chi connectivity index (χ3v) is 3.78. The number of benzene rings is 1. The first kappa shape index (κ1) is 12.7. The fourth-order valence-electron chi connectivity index (χ4n) is 1.68. The third kappa shape index (κ3) is 3.35. The monoisotopic (exact) mass is 254 g/mol. The van der Waals surface area contributed by atoms with Gasteiger partial charge in [-0.2, -0.15) is 17.0 Å². The number of hydrogen-bond acceptors (Lipinski definition) is 3. The first-order valence-corrected chi connectivity index (χ1v) is 6.92. The Hall–Kier alpha value is -1.79. The summed E-state index contributed by atoms with van der Waals surface area (Å²) in [4.78, 5) is 3.97. The predicted octanol–water partition coefficient (Wildman–Crippen LogP) is 3.70. The molecule has 2 rings (SSSR count). The Balaban J connectivity index is 1.93. The van der Waals surface area contributed by atoms with Gasteiger partial charge >= 0.3 is 0 Å². The van der Waals surface area contributed by atoms with E-state index in [4.69, 9.17) is 5.26 Å². The summed E-state index contributed by atoms with van der Waals surface area (Å²) in [6.45, 7) is 2.14. The van der Waals surface area contributed by atoms with Crippen molar-refractivity contribution in [3.8, 4) is 6.07 Å². The maximum Gasteiger partial charge on any atom is 0.140 e. The van der Waals surface area contributed by atoms with E-state index in [1.54, 1.807) is 6.20 Å². The molecule has 1 aromatic heterocycles. The van der Waals surface area contributed by atoms with E-state index in [0.717, 1.165) is 17.1 Å². The SMILES string of the molecule is Cc1ccccc1CSCc1ccnc(C#N)c1. The molecule has 0 fully saturated rings. The molecule has 1 aromatic carbocycles. The Labute approximate surface area is 112 Å². The largest absolute Gasteiger partial charge is 0.246 e. The van der Waals surface area contributed by atoms with Crippen LogP contribution < -0.4 is 0 Å². The van der Waals surface area contributed by atoms with Crippen LogP contribution in [0.1, 0.15) is 22.4 Å². The predicted molar refractivity (Wildman–Crippen MR) is 75.1 cm³/mol. The number of nitrogens with zero attached hydrogens (tertiary/aromatic N) is 2. The number of pyridine rings is 1. The van der Waals surface area contributed by atoms with Crippen molar-refractivity contribution >= 4 is 11.8 Å². The molecule has 1 heterocycles. The lowest BCUT2D eigenvalue weighted by molar-refractivity contribution is 1.22. The lowest BCUT2D eigenvalue weighted by Gasteiger charge is -2.05. The van der Waals surface area contributed by atoms with Crippen LogP contribution in [-0.4, -0.2) is 4.98 Å². The molecule has 0 atom stereocenters. The summed E-state index contributed by atoms with van der Waals surface area (Å²) in [6, 6.07) is 14.3. The van der Waals surface area contributed by atoms with Gasteiger partial charge in [-0.05, 0) is 35.7 Å². The highest BCUT2D eigenvalue weighted by molar-refractivity contribution is 7.97. The Morgan fingerprint density at radius 1 is 1.22 bits per heavy atom. The van der Waals surface area contributed by atoms with Crippen molar-refractivity contribution in [3.05, 3.63) is 65.0 Å². The zero-order valence-electron chi connectivity index (χ0n) is 10.3. The summed E-state index contributed by atoms with van der Waals surface area (Å²) >= 11 is 1.86. The van der Waals surface area contributed by atoms with E-state index >= 15 is 0 Å². The second-order valence-electron chi connectivity index (χ2n) is 4.08. The Morgan fingerprint density at radius 3 is 2.83 bits per heavy atom. The molecule has 0 aliphatic carbocycles. The van der Waals surface area contributed by atoms with Gasteiger partial charge in [-0.3, -0.25) is 0 Å². The molecular weight excluding hydrogens is 240 g/mol. The lowest BCUT2D eigenvalue weighted by Crippen LogP contribution is -1.89. The molecule has 0 aliphatic rings. The fourth-order valence-corrected chi connectivity index (χ4v) is 2.74. The summed E-state index contributed by atoms with van der Waals surface area (Å²) < 4.78 is 0. The van der Waals surface area contributed by atoms with Crippen molar-refractivity contribution < 1.29 is 0 Å². The van der Waals surface area contributed by atoms with E-state index in [2.05, 4.69) is 42.2 Å². The molecule has 0 amide bonds. The van der Waals surface area contributed by atoms with Gasteiger partial charge in [-0.15, -0.1) is 0 Å². The lowest BCUT2D eigenvalue weighted by atomic mass is 10.1. The van der Waals surface area contributed by atoms with Crippen molar-refractivity contribution in [1.29, 1.82) is 5.26 Å². The molecule has 3 heteroatoms. The maximum absolute atomic E-state index is 8.78. The molecule has 2 aromatic rings. The first-order valence-electron chi connectivity index (χ1n) is 5.77. The zero-order valence-corrected chi connectivity index (χ0v) is 11.1. The van der Waals surface area contributed by atoms with Crippen LogP contribution >= 0.6 is 11.8 Å². The molecule has 90 valence electrons. The number of rotatable bonds is 4. The number of thioether (sulfide) groups is 1. The van der Waals surface area contributed by atoms with Gasteiger partial charge in [0.25, 0.3) is 0 Å². The van der Waals surface area contributed by atoms with Crippen LogP contribution in [0, 0.1) is 18.3 Å². The molecule has 0 radical (unpaired) electrons. The highest BCUT2D eigenvalue weighted by atomic mass is 32.2. The highest BCUT2D eigenvalue weighted by Crippen LogP contribution is 2.19. The van der Waals surface area contributed by atoms with Gasteiger partial charge in [0.15, 0.2) is 0 Å². The van der Waals surface area contributed by atoms with Crippen LogP contribution in [0.15, 0.2) is 42.6 Å². The third-order valence-electron chi connectivity index (χ3n) is 2.73. The summed E-state index contributed by atoms with van der Waals surface area (Å²) in [7, 11) is 0. The first-order chi connectivity index (χ1) is 8.79. The topological polar surface area (TPSA) is 36.7 Å². The van der Waals surface area contributed by atoms with E-state index < -0.39 is 0 Å². The minimum absolute atomic E-state index is 0.490. The molecule has 0 aliphatic heterocycles. The number of aromatic nitrogens is 1. The number of aryl methyl sites for hydroxylation is 1. The van der Waals surface area contributed by atoms with Crippen LogP contribution in [-0.2, 0) is 11.5 Å². The molecule has 18 heavy (non-hydrogen) atoms.